The highest BCUT2D eigenvalue weighted by molar-refractivity contribution is 5.87. The van der Waals surface area contributed by atoms with Gasteiger partial charge in [-0.25, -0.2) is 0 Å². The van der Waals surface area contributed by atoms with Gasteiger partial charge >= 0.3 is 0 Å². The van der Waals surface area contributed by atoms with Gasteiger partial charge in [-0.1, -0.05) is 29.8 Å². The number of aromatic nitrogens is 2. The van der Waals surface area contributed by atoms with Crippen molar-refractivity contribution in [1.82, 2.24) is 9.78 Å². The first-order valence-electron chi connectivity index (χ1n) is 6.09. The van der Waals surface area contributed by atoms with Crippen LogP contribution in [-0.4, -0.2) is 9.78 Å². The quantitative estimate of drug-likeness (QED) is 0.762. The molecular formula is C15H15N3O. The van der Waals surface area contributed by atoms with Crippen molar-refractivity contribution in [3.8, 4) is 22.4 Å². The smallest absolute Gasteiger partial charge is 0.129 e. The van der Waals surface area contributed by atoms with E-state index in [1.165, 1.54) is 5.56 Å². The average molecular weight is 253 g/mol. The first kappa shape index (κ1) is 11.6. The monoisotopic (exact) mass is 253 g/mol. The molecule has 1 aromatic carbocycles. The molecule has 3 rings (SSSR count). The first-order valence-corrected chi connectivity index (χ1v) is 6.09. The number of furan rings is 1. The maximum Gasteiger partial charge on any atom is 0.129 e. The lowest BCUT2D eigenvalue weighted by atomic mass is 10.0. The Bertz CT molecular complexity index is 694. The lowest BCUT2D eigenvalue weighted by Crippen LogP contribution is -1.97. The summed E-state index contributed by atoms with van der Waals surface area (Å²) in [5.41, 5.74) is 11.2. The topological polar surface area (TPSA) is 57.0 Å². The van der Waals surface area contributed by atoms with Crippen LogP contribution < -0.4 is 5.73 Å². The summed E-state index contributed by atoms with van der Waals surface area (Å²) in [5.74, 6) is 0.653. The molecule has 3 aromatic rings. The molecule has 0 aliphatic carbocycles. The van der Waals surface area contributed by atoms with Crippen molar-refractivity contribution in [3.63, 3.8) is 0 Å². The third kappa shape index (κ3) is 1.91. The molecule has 0 saturated carbocycles. The Morgan fingerprint density at radius 2 is 1.84 bits per heavy atom. The number of nitrogen functional groups attached to an aromatic ring is 1. The Kier molecular flexibility index (Phi) is 2.63. The lowest BCUT2D eigenvalue weighted by Gasteiger charge is -2.03. The third-order valence-electron chi connectivity index (χ3n) is 3.23. The van der Waals surface area contributed by atoms with Gasteiger partial charge in [-0.15, -0.1) is 0 Å². The number of hydrogen-bond acceptors (Lipinski definition) is 3. The number of hydrogen-bond donors (Lipinski definition) is 1. The van der Waals surface area contributed by atoms with Crippen molar-refractivity contribution in [2.45, 2.75) is 6.92 Å². The fourth-order valence-corrected chi connectivity index (χ4v) is 2.14. The van der Waals surface area contributed by atoms with Crippen LogP contribution in [0.2, 0.25) is 0 Å². The third-order valence-corrected chi connectivity index (χ3v) is 3.23. The van der Waals surface area contributed by atoms with Gasteiger partial charge in [0.2, 0.25) is 0 Å². The fourth-order valence-electron chi connectivity index (χ4n) is 2.14. The average Bonchev–Trinajstić information content (AvgIpc) is 3.01. The fraction of sp³-hybridized carbons (Fsp3) is 0.133. The summed E-state index contributed by atoms with van der Waals surface area (Å²) in [7, 11) is 1.84. The summed E-state index contributed by atoms with van der Waals surface area (Å²) in [6, 6.07) is 10.2. The highest BCUT2D eigenvalue weighted by atomic mass is 16.3. The number of nitrogens with zero attached hydrogens (tertiary/aromatic N) is 2. The van der Waals surface area contributed by atoms with Crippen LogP contribution in [-0.2, 0) is 7.05 Å². The van der Waals surface area contributed by atoms with Gasteiger partial charge in [0.25, 0.3) is 0 Å². The molecule has 0 aliphatic heterocycles. The lowest BCUT2D eigenvalue weighted by molar-refractivity contribution is 0.568. The minimum atomic E-state index is 0.653. The summed E-state index contributed by atoms with van der Waals surface area (Å²) in [5, 5.41) is 4.48. The molecular weight excluding hydrogens is 238 g/mol. The van der Waals surface area contributed by atoms with Gasteiger partial charge in [0, 0.05) is 12.6 Å². The second-order valence-corrected chi connectivity index (χ2v) is 4.61. The van der Waals surface area contributed by atoms with E-state index in [0.29, 0.717) is 5.82 Å². The van der Waals surface area contributed by atoms with Crippen molar-refractivity contribution in [3.05, 3.63) is 48.4 Å². The van der Waals surface area contributed by atoms with E-state index in [-0.39, 0.29) is 0 Å². The van der Waals surface area contributed by atoms with Crippen LogP contribution in [0.25, 0.3) is 22.4 Å². The number of rotatable bonds is 2. The van der Waals surface area contributed by atoms with Gasteiger partial charge in [0.1, 0.15) is 11.5 Å². The molecule has 0 fully saturated rings. The van der Waals surface area contributed by atoms with Crippen LogP contribution in [0.3, 0.4) is 0 Å². The Morgan fingerprint density at radius 1 is 1.11 bits per heavy atom. The van der Waals surface area contributed by atoms with Crippen LogP contribution in [0, 0.1) is 6.92 Å². The minimum absolute atomic E-state index is 0.653. The zero-order chi connectivity index (χ0) is 13.4. The highest BCUT2D eigenvalue weighted by Gasteiger charge is 2.17. The van der Waals surface area contributed by atoms with Crippen LogP contribution in [0.5, 0.6) is 0 Å². The number of benzene rings is 1. The van der Waals surface area contributed by atoms with E-state index >= 15 is 0 Å². The standard InChI is InChI=1S/C15H15N3O/c1-10-3-5-11(6-4-10)13-14(12-7-8-19-9-12)17-18(2)15(13)16/h3-9H,16H2,1-2H3. The van der Waals surface area contributed by atoms with E-state index in [0.717, 1.165) is 22.4 Å². The Morgan fingerprint density at radius 3 is 2.47 bits per heavy atom. The second-order valence-electron chi connectivity index (χ2n) is 4.61. The molecule has 0 amide bonds. The maximum absolute atomic E-state index is 6.15. The van der Waals surface area contributed by atoms with Gasteiger partial charge in [0.05, 0.1) is 18.1 Å². The zero-order valence-electron chi connectivity index (χ0n) is 10.9. The van der Waals surface area contributed by atoms with Crippen LogP contribution >= 0.6 is 0 Å². The van der Waals surface area contributed by atoms with E-state index in [9.17, 15) is 0 Å². The van der Waals surface area contributed by atoms with Crippen LogP contribution in [0.4, 0.5) is 5.82 Å². The number of aryl methyl sites for hydroxylation is 2. The van der Waals surface area contributed by atoms with Gasteiger partial charge in [0.15, 0.2) is 0 Å². The van der Waals surface area contributed by atoms with Crippen molar-refractivity contribution >= 4 is 5.82 Å². The first-order chi connectivity index (χ1) is 9.16. The van der Waals surface area contributed by atoms with E-state index < -0.39 is 0 Å². The molecule has 4 heteroatoms. The Balaban J connectivity index is 2.22. The molecule has 0 radical (unpaired) electrons. The predicted molar refractivity (Wildman–Crippen MR) is 75.5 cm³/mol. The summed E-state index contributed by atoms with van der Waals surface area (Å²) >= 11 is 0. The van der Waals surface area contributed by atoms with E-state index in [1.54, 1.807) is 17.2 Å². The molecule has 2 heterocycles. The molecule has 4 nitrogen and oxygen atoms in total. The maximum atomic E-state index is 6.15. The highest BCUT2D eigenvalue weighted by Crippen LogP contribution is 2.35. The van der Waals surface area contributed by atoms with Crippen molar-refractivity contribution < 1.29 is 4.42 Å². The molecule has 0 aliphatic rings. The summed E-state index contributed by atoms with van der Waals surface area (Å²) < 4.78 is 6.83. The van der Waals surface area contributed by atoms with E-state index in [4.69, 9.17) is 10.2 Å². The zero-order valence-corrected chi connectivity index (χ0v) is 10.9. The van der Waals surface area contributed by atoms with Crippen LogP contribution in [0.1, 0.15) is 5.56 Å². The Hall–Kier alpha value is -2.49. The molecule has 0 saturated heterocycles. The van der Waals surface area contributed by atoms with Gasteiger partial charge in [-0.05, 0) is 18.6 Å². The molecule has 19 heavy (non-hydrogen) atoms. The molecule has 2 aromatic heterocycles. The normalized spacial score (nSPS) is 10.8. The van der Waals surface area contributed by atoms with Crippen molar-refractivity contribution in [1.29, 1.82) is 0 Å². The summed E-state index contributed by atoms with van der Waals surface area (Å²) in [6.45, 7) is 2.06. The van der Waals surface area contributed by atoms with Crippen molar-refractivity contribution in [2.75, 3.05) is 5.73 Å². The van der Waals surface area contributed by atoms with E-state index in [2.05, 4.69) is 36.3 Å². The molecule has 0 spiro atoms. The van der Waals surface area contributed by atoms with E-state index in [1.807, 2.05) is 13.1 Å². The Labute approximate surface area is 111 Å². The number of anilines is 1. The van der Waals surface area contributed by atoms with Crippen LogP contribution in [0.15, 0.2) is 47.3 Å². The predicted octanol–water partition coefficient (Wildman–Crippen LogP) is 3.24. The molecule has 0 unspecified atom stereocenters. The van der Waals surface area contributed by atoms with Crippen molar-refractivity contribution in [2.24, 2.45) is 7.05 Å². The van der Waals surface area contributed by atoms with Gasteiger partial charge < -0.3 is 10.2 Å². The molecule has 0 bridgehead atoms. The summed E-state index contributed by atoms with van der Waals surface area (Å²) in [4.78, 5) is 0. The molecule has 96 valence electrons. The van der Waals surface area contributed by atoms with Gasteiger partial charge in [-0.2, -0.15) is 5.10 Å². The SMILES string of the molecule is Cc1ccc(-c2c(-c3ccoc3)nn(C)c2N)cc1. The second kappa shape index (κ2) is 4.31. The summed E-state index contributed by atoms with van der Waals surface area (Å²) in [6.07, 6.45) is 3.32. The number of nitrogens with two attached hydrogens (primary N) is 1. The molecule has 2 N–H and O–H groups in total. The largest absolute Gasteiger partial charge is 0.472 e. The molecule has 0 atom stereocenters. The van der Waals surface area contributed by atoms with Gasteiger partial charge in [-0.3, -0.25) is 4.68 Å². The minimum Gasteiger partial charge on any atom is -0.472 e.